The monoisotopic (exact) mass is 337 g/mol. The quantitative estimate of drug-likeness (QED) is 0.325. The normalized spacial score (nSPS) is 11.5. The van der Waals surface area contributed by atoms with Gasteiger partial charge in [0.1, 0.15) is 0 Å². The number of nitrogens with one attached hydrogen (secondary N) is 1. The highest BCUT2D eigenvalue weighted by atomic mass is 32.2. The lowest BCUT2D eigenvalue weighted by molar-refractivity contribution is -0.385. The molecule has 0 aliphatic carbocycles. The molecule has 120 valence electrons. The number of non-ortho nitro benzene ring substituents is 1. The molecule has 0 unspecified atom stereocenters. The molecule has 0 bridgehead atoms. The fourth-order valence-electron chi connectivity index (χ4n) is 1.64. The van der Waals surface area contributed by atoms with Crippen molar-refractivity contribution < 1.29 is 23.6 Å². The van der Waals surface area contributed by atoms with Crippen LogP contribution in [0.1, 0.15) is 5.56 Å². The first-order valence-electron chi connectivity index (χ1n) is 6.11. The average molecular weight is 337 g/mol. The number of phenolic OH excluding ortho intramolecular Hbond substituents is 2. The molecule has 0 amide bonds. The standard InChI is InChI=1S/C13H11N3O6S/c17-12-6-1-3-9(13(12)18)8-14-15-23(21,22)11-5-2-4-10(7-11)16(19)20/h1-8,15,17-18H/b14-8-. The van der Waals surface area contributed by atoms with E-state index in [1.54, 1.807) is 0 Å². The summed E-state index contributed by atoms with van der Waals surface area (Å²) < 4.78 is 24.0. The van der Waals surface area contributed by atoms with E-state index < -0.39 is 20.7 Å². The van der Waals surface area contributed by atoms with Crippen molar-refractivity contribution in [1.29, 1.82) is 0 Å². The summed E-state index contributed by atoms with van der Waals surface area (Å²) in [5.41, 5.74) is -0.283. The molecule has 3 N–H and O–H groups in total. The number of aromatic hydroxyl groups is 2. The van der Waals surface area contributed by atoms with Gasteiger partial charge in [-0.05, 0) is 18.2 Å². The summed E-state index contributed by atoms with van der Waals surface area (Å²) in [6.07, 6.45) is 0.990. The molecule has 0 aromatic heterocycles. The first kappa shape index (κ1) is 16.2. The molecule has 0 radical (unpaired) electrons. The first-order valence-corrected chi connectivity index (χ1v) is 7.60. The van der Waals surface area contributed by atoms with Crippen LogP contribution in [0.15, 0.2) is 52.5 Å². The minimum absolute atomic E-state index is 0.0896. The maximum atomic E-state index is 12.0. The molecular formula is C13H11N3O6S. The number of nitro groups is 1. The van der Waals surface area contributed by atoms with E-state index in [1.807, 2.05) is 4.83 Å². The van der Waals surface area contributed by atoms with E-state index >= 15 is 0 Å². The van der Waals surface area contributed by atoms with Crippen LogP contribution in [-0.2, 0) is 10.0 Å². The van der Waals surface area contributed by atoms with Crippen molar-refractivity contribution in [2.45, 2.75) is 4.90 Å². The Kier molecular flexibility index (Phi) is 4.46. The van der Waals surface area contributed by atoms with Gasteiger partial charge in [-0.1, -0.05) is 12.1 Å². The van der Waals surface area contributed by atoms with Crippen LogP contribution in [-0.4, -0.2) is 29.8 Å². The Morgan fingerprint density at radius 3 is 2.57 bits per heavy atom. The molecule has 0 aliphatic rings. The fourth-order valence-corrected chi connectivity index (χ4v) is 2.47. The lowest BCUT2D eigenvalue weighted by Gasteiger charge is -2.04. The number of sulfonamides is 1. The maximum Gasteiger partial charge on any atom is 0.276 e. The minimum atomic E-state index is -4.11. The number of hydrazone groups is 1. The zero-order valence-corrected chi connectivity index (χ0v) is 12.3. The second kappa shape index (κ2) is 6.32. The summed E-state index contributed by atoms with van der Waals surface area (Å²) in [6.45, 7) is 0. The Hall–Kier alpha value is -3.14. The van der Waals surface area contributed by atoms with Crippen molar-refractivity contribution >= 4 is 21.9 Å². The van der Waals surface area contributed by atoms with E-state index in [2.05, 4.69) is 5.10 Å². The van der Waals surface area contributed by atoms with E-state index in [9.17, 15) is 28.7 Å². The molecule has 23 heavy (non-hydrogen) atoms. The highest BCUT2D eigenvalue weighted by Gasteiger charge is 2.16. The van der Waals surface area contributed by atoms with Crippen LogP contribution in [0.3, 0.4) is 0 Å². The molecule has 0 heterocycles. The van der Waals surface area contributed by atoms with E-state index in [1.165, 1.54) is 30.3 Å². The number of hydrogen-bond acceptors (Lipinski definition) is 7. The molecule has 9 nitrogen and oxygen atoms in total. The van der Waals surface area contributed by atoms with Gasteiger partial charge in [-0.25, -0.2) is 4.83 Å². The summed E-state index contributed by atoms with van der Waals surface area (Å²) in [5, 5.41) is 33.0. The number of para-hydroxylation sites is 1. The highest BCUT2D eigenvalue weighted by molar-refractivity contribution is 7.89. The topological polar surface area (TPSA) is 142 Å². The highest BCUT2D eigenvalue weighted by Crippen LogP contribution is 2.26. The molecule has 2 aromatic rings. The van der Waals surface area contributed by atoms with E-state index in [4.69, 9.17) is 0 Å². The van der Waals surface area contributed by atoms with Crippen LogP contribution in [0, 0.1) is 10.1 Å². The SMILES string of the molecule is O=[N+]([O-])c1cccc(S(=O)(=O)N/N=C\c2cccc(O)c2O)c1. The summed E-state index contributed by atoms with van der Waals surface area (Å²) in [6, 6.07) is 8.55. The predicted octanol–water partition coefficient (Wildman–Crippen LogP) is 1.32. The smallest absolute Gasteiger partial charge is 0.276 e. The van der Waals surface area contributed by atoms with Gasteiger partial charge in [0.2, 0.25) is 0 Å². The number of rotatable bonds is 5. The van der Waals surface area contributed by atoms with Crippen LogP contribution in [0.5, 0.6) is 11.5 Å². The third-order valence-electron chi connectivity index (χ3n) is 2.76. The predicted molar refractivity (Wildman–Crippen MR) is 80.8 cm³/mol. The van der Waals surface area contributed by atoms with E-state index in [0.29, 0.717) is 0 Å². The maximum absolute atomic E-state index is 12.0. The molecule has 2 rings (SSSR count). The van der Waals surface area contributed by atoms with Gasteiger partial charge in [-0.15, -0.1) is 0 Å². The lowest BCUT2D eigenvalue weighted by Crippen LogP contribution is -2.18. The summed E-state index contributed by atoms with van der Waals surface area (Å²) >= 11 is 0. The summed E-state index contributed by atoms with van der Waals surface area (Å²) in [4.78, 5) is 11.5. The van der Waals surface area contributed by atoms with Gasteiger partial charge < -0.3 is 10.2 Å². The van der Waals surface area contributed by atoms with Crippen LogP contribution in [0.2, 0.25) is 0 Å². The molecule has 10 heteroatoms. The van der Waals surface area contributed by atoms with Gasteiger partial charge >= 0.3 is 0 Å². The van der Waals surface area contributed by atoms with Crippen molar-refractivity contribution in [3.63, 3.8) is 0 Å². The number of phenols is 2. The van der Waals surface area contributed by atoms with Gasteiger partial charge in [0.25, 0.3) is 15.7 Å². The minimum Gasteiger partial charge on any atom is -0.504 e. The summed E-state index contributed by atoms with van der Waals surface area (Å²) in [5.74, 6) is -0.832. The van der Waals surface area contributed by atoms with Crippen molar-refractivity contribution in [3.8, 4) is 11.5 Å². The Bertz CT molecular complexity index is 879. The lowest BCUT2D eigenvalue weighted by atomic mass is 10.2. The van der Waals surface area contributed by atoms with Crippen LogP contribution < -0.4 is 4.83 Å². The number of benzene rings is 2. The molecule has 0 fully saturated rings. The Morgan fingerprint density at radius 1 is 1.17 bits per heavy atom. The molecule has 0 saturated heterocycles. The largest absolute Gasteiger partial charge is 0.504 e. The molecule has 0 spiro atoms. The number of hydrogen-bond donors (Lipinski definition) is 3. The van der Waals surface area contributed by atoms with Gasteiger partial charge in [-0.3, -0.25) is 10.1 Å². The zero-order chi connectivity index (χ0) is 17.0. The Balaban J connectivity index is 2.22. The summed E-state index contributed by atoms with van der Waals surface area (Å²) in [7, 11) is -4.11. The second-order valence-corrected chi connectivity index (χ2v) is 5.98. The number of nitrogens with zero attached hydrogens (tertiary/aromatic N) is 2. The zero-order valence-electron chi connectivity index (χ0n) is 11.4. The van der Waals surface area contributed by atoms with Gasteiger partial charge in [0.15, 0.2) is 11.5 Å². The third-order valence-corrected chi connectivity index (χ3v) is 3.98. The molecule has 2 aromatic carbocycles. The molecule has 0 atom stereocenters. The average Bonchev–Trinajstić information content (AvgIpc) is 2.51. The fraction of sp³-hybridized carbons (Fsp3) is 0. The van der Waals surface area contributed by atoms with Crippen molar-refractivity contribution in [1.82, 2.24) is 4.83 Å². The number of nitro benzene ring substituents is 1. The van der Waals surface area contributed by atoms with E-state index in [-0.39, 0.29) is 21.9 Å². The van der Waals surface area contributed by atoms with Crippen molar-refractivity contribution in [2.24, 2.45) is 5.10 Å². The van der Waals surface area contributed by atoms with E-state index in [0.717, 1.165) is 18.3 Å². The Morgan fingerprint density at radius 2 is 1.87 bits per heavy atom. The first-order chi connectivity index (χ1) is 10.8. The molecular weight excluding hydrogens is 326 g/mol. The van der Waals surface area contributed by atoms with Crippen LogP contribution >= 0.6 is 0 Å². The van der Waals surface area contributed by atoms with Crippen molar-refractivity contribution in [3.05, 3.63) is 58.1 Å². The molecule has 0 saturated carbocycles. The van der Waals surface area contributed by atoms with Crippen LogP contribution in [0.25, 0.3) is 0 Å². The van der Waals surface area contributed by atoms with Crippen molar-refractivity contribution in [2.75, 3.05) is 0 Å². The van der Waals surface area contributed by atoms with Crippen LogP contribution in [0.4, 0.5) is 5.69 Å². The second-order valence-electron chi connectivity index (χ2n) is 4.32. The third kappa shape index (κ3) is 3.74. The Labute approximate surface area is 130 Å². The molecule has 0 aliphatic heterocycles. The van der Waals surface area contributed by atoms with Gasteiger partial charge in [-0.2, -0.15) is 13.5 Å². The van der Waals surface area contributed by atoms with Gasteiger partial charge in [0.05, 0.1) is 16.0 Å². The van der Waals surface area contributed by atoms with Gasteiger partial charge in [0, 0.05) is 17.7 Å².